The van der Waals surface area contributed by atoms with Crippen LogP contribution in [0.3, 0.4) is 0 Å². The first kappa shape index (κ1) is 18.1. The van der Waals surface area contributed by atoms with Gasteiger partial charge in [-0.2, -0.15) is 0 Å². The Balaban J connectivity index is 1.98. The molecule has 8 heteroatoms. The Labute approximate surface area is 138 Å². The molecule has 1 fully saturated rings. The first-order chi connectivity index (χ1) is 11.2. The van der Waals surface area contributed by atoms with Crippen molar-refractivity contribution >= 4 is 11.7 Å². The molecule has 1 aromatic carbocycles. The number of carbonyl (C=O) groups excluding carboxylic acids is 1. The maximum atomic E-state index is 12.0. The molecule has 0 aliphatic carbocycles. The molecule has 0 aromatic heterocycles. The highest BCUT2D eigenvalue weighted by Crippen LogP contribution is 2.29. The van der Waals surface area contributed by atoms with Crippen LogP contribution in [0.2, 0.25) is 0 Å². The van der Waals surface area contributed by atoms with Crippen LogP contribution in [0, 0.1) is 10.1 Å². The molecule has 2 rings (SSSR count). The van der Waals surface area contributed by atoms with Crippen LogP contribution in [0.4, 0.5) is 5.69 Å². The van der Waals surface area contributed by atoms with E-state index >= 15 is 0 Å². The highest BCUT2D eigenvalue weighted by Gasteiger charge is 2.34. The summed E-state index contributed by atoms with van der Waals surface area (Å²) in [6, 6.07) is 5.59. The third kappa shape index (κ3) is 4.16. The molecule has 1 heterocycles. The Morgan fingerprint density at radius 3 is 2.79 bits per heavy atom. The molecule has 0 bridgehead atoms. The van der Waals surface area contributed by atoms with E-state index in [2.05, 4.69) is 6.58 Å². The molecule has 0 amide bonds. The summed E-state index contributed by atoms with van der Waals surface area (Å²) in [5.41, 5.74) is -0.610. The van der Waals surface area contributed by atoms with Gasteiger partial charge < -0.3 is 19.3 Å². The number of aliphatic hydroxyl groups is 1. The highest BCUT2D eigenvalue weighted by atomic mass is 16.7. The average molecular weight is 337 g/mol. The Hall–Kier alpha value is -2.29. The molecule has 0 radical (unpaired) electrons. The Bertz CT molecular complexity index is 656. The molecule has 0 saturated carbocycles. The van der Waals surface area contributed by atoms with Gasteiger partial charge in [-0.3, -0.25) is 10.1 Å². The van der Waals surface area contributed by atoms with Crippen LogP contribution in [0.15, 0.2) is 36.4 Å². The van der Waals surface area contributed by atoms with E-state index in [0.29, 0.717) is 0 Å². The number of esters is 1. The van der Waals surface area contributed by atoms with Gasteiger partial charge in [-0.15, -0.1) is 0 Å². The van der Waals surface area contributed by atoms with Crippen molar-refractivity contribution < 1.29 is 29.0 Å². The lowest BCUT2D eigenvalue weighted by molar-refractivity contribution is -0.386. The zero-order valence-electron chi connectivity index (χ0n) is 13.4. The number of rotatable bonds is 6. The molecule has 2 unspecified atom stereocenters. The predicted molar refractivity (Wildman–Crippen MR) is 83.1 cm³/mol. The van der Waals surface area contributed by atoms with Gasteiger partial charge in [-0.05, 0) is 19.9 Å². The second kappa shape index (κ2) is 7.08. The lowest BCUT2D eigenvalue weighted by Crippen LogP contribution is -2.26. The second-order valence-electron chi connectivity index (χ2n) is 5.79. The standard InChI is InChI=1S/C16H19NO7/c1-10(14(18)12-6-4-5-7-13(12)17(20)21)15(19)22-8-11-9-23-16(2,3)24-11/h4-7,11,14,18H,1,8-9H2,2-3H3. The third-order valence-electron chi connectivity index (χ3n) is 3.49. The number of nitro benzene ring substituents is 1. The first-order valence-corrected chi connectivity index (χ1v) is 7.30. The summed E-state index contributed by atoms with van der Waals surface area (Å²) in [7, 11) is 0. The van der Waals surface area contributed by atoms with Crippen molar-refractivity contribution in [1.82, 2.24) is 0 Å². The quantitative estimate of drug-likeness (QED) is 0.365. The summed E-state index contributed by atoms with van der Waals surface area (Å²) in [6.45, 7) is 7.18. The van der Waals surface area contributed by atoms with Crippen molar-refractivity contribution in [1.29, 1.82) is 0 Å². The van der Waals surface area contributed by atoms with Crippen molar-refractivity contribution in [3.63, 3.8) is 0 Å². The summed E-state index contributed by atoms with van der Waals surface area (Å²) in [6.07, 6.45) is -1.95. The maximum Gasteiger partial charge on any atom is 0.336 e. The summed E-state index contributed by atoms with van der Waals surface area (Å²) in [4.78, 5) is 22.4. The minimum Gasteiger partial charge on any atom is -0.459 e. The van der Waals surface area contributed by atoms with Crippen LogP contribution in [-0.2, 0) is 19.0 Å². The van der Waals surface area contributed by atoms with Crippen LogP contribution in [0.1, 0.15) is 25.5 Å². The Morgan fingerprint density at radius 2 is 2.21 bits per heavy atom. The summed E-state index contributed by atoms with van der Waals surface area (Å²) in [5, 5.41) is 21.2. The number of aliphatic hydroxyl groups excluding tert-OH is 1. The topological polar surface area (TPSA) is 108 Å². The molecule has 1 saturated heterocycles. The molecule has 1 aliphatic rings. The highest BCUT2D eigenvalue weighted by molar-refractivity contribution is 5.89. The van der Waals surface area contributed by atoms with Gasteiger partial charge in [-0.25, -0.2) is 4.79 Å². The SMILES string of the molecule is C=C(C(=O)OCC1COC(C)(C)O1)C(O)c1ccccc1[N+](=O)[O-]. The fourth-order valence-electron chi connectivity index (χ4n) is 2.29. The van der Waals surface area contributed by atoms with E-state index in [-0.39, 0.29) is 30.0 Å². The molecule has 8 nitrogen and oxygen atoms in total. The summed E-state index contributed by atoms with van der Waals surface area (Å²) < 4.78 is 15.9. The predicted octanol–water partition coefficient (Wildman–Crippen LogP) is 1.88. The van der Waals surface area contributed by atoms with E-state index in [1.165, 1.54) is 24.3 Å². The molecular formula is C16H19NO7. The van der Waals surface area contributed by atoms with Gasteiger partial charge in [-0.1, -0.05) is 18.7 Å². The number of para-hydroxylation sites is 1. The largest absolute Gasteiger partial charge is 0.459 e. The zero-order valence-corrected chi connectivity index (χ0v) is 13.4. The number of nitro groups is 1. The number of nitrogens with zero attached hydrogens (tertiary/aromatic N) is 1. The van der Waals surface area contributed by atoms with E-state index in [9.17, 15) is 20.0 Å². The van der Waals surface area contributed by atoms with Gasteiger partial charge in [0.25, 0.3) is 5.69 Å². The lowest BCUT2D eigenvalue weighted by Gasteiger charge is -2.18. The molecule has 0 spiro atoms. The monoisotopic (exact) mass is 337 g/mol. The van der Waals surface area contributed by atoms with Crippen LogP contribution in [0.5, 0.6) is 0 Å². The van der Waals surface area contributed by atoms with Gasteiger partial charge in [0.1, 0.15) is 18.8 Å². The number of hydrogen-bond acceptors (Lipinski definition) is 7. The number of ether oxygens (including phenoxy) is 3. The van der Waals surface area contributed by atoms with Crippen LogP contribution in [0.25, 0.3) is 0 Å². The van der Waals surface area contributed by atoms with Crippen LogP contribution >= 0.6 is 0 Å². The number of hydrogen-bond donors (Lipinski definition) is 1. The van der Waals surface area contributed by atoms with E-state index in [1.807, 2.05) is 0 Å². The van der Waals surface area contributed by atoms with E-state index in [0.717, 1.165) is 0 Å². The molecule has 1 aromatic rings. The van der Waals surface area contributed by atoms with Gasteiger partial charge in [0, 0.05) is 6.07 Å². The zero-order chi connectivity index (χ0) is 17.9. The second-order valence-corrected chi connectivity index (χ2v) is 5.79. The van der Waals surface area contributed by atoms with Crippen molar-refractivity contribution in [2.75, 3.05) is 13.2 Å². The fourth-order valence-corrected chi connectivity index (χ4v) is 2.29. The lowest BCUT2D eigenvalue weighted by atomic mass is 10.0. The minimum atomic E-state index is -1.53. The number of carbonyl (C=O) groups is 1. The molecule has 1 aliphatic heterocycles. The van der Waals surface area contributed by atoms with Crippen molar-refractivity contribution in [3.05, 3.63) is 52.1 Å². The van der Waals surface area contributed by atoms with Crippen LogP contribution in [-0.4, -0.2) is 41.1 Å². The minimum absolute atomic E-state index is 0.0222. The van der Waals surface area contributed by atoms with Crippen molar-refractivity contribution in [2.24, 2.45) is 0 Å². The molecule has 2 atom stereocenters. The molecule has 1 N–H and O–H groups in total. The van der Waals surface area contributed by atoms with Gasteiger partial charge in [0.2, 0.25) is 0 Å². The normalized spacial score (nSPS) is 20.4. The number of benzene rings is 1. The van der Waals surface area contributed by atoms with Gasteiger partial charge >= 0.3 is 5.97 Å². The van der Waals surface area contributed by atoms with E-state index in [1.54, 1.807) is 13.8 Å². The van der Waals surface area contributed by atoms with Gasteiger partial charge in [0.05, 0.1) is 22.7 Å². The van der Waals surface area contributed by atoms with Crippen molar-refractivity contribution in [3.8, 4) is 0 Å². The molecule has 24 heavy (non-hydrogen) atoms. The average Bonchev–Trinajstić information content (AvgIpc) is 2.90. The Morgan fingerprint density at radius 1 is 1.54 bits per heavy atom. The maximum absolute atomic E-state index is 12.0. The van der Waals surface area contributed by atoms with E-state index < -0.39 is 28.9 Å². The van der Waals surface area contributed by atoms with Crippen LogP contribution < -0.4 is 0 Å². The summed E-state index contributed by atoms with van der Waals surface area (Å²) in [5.74, 6) is -1.59. The van der Waals surface area contributed by atoms with Crippen molar-refractivity contribution in [2.45, 2.75) is 31.8 Å². The Kier molecular flexibility index (Phi) is 5.33. The third-order valence-corrected chi connectivity index (χ3v) is 3.49. The summed E-state index contributed by atoms with van der Waals surface area (Å²) >= 11 is 0. The smallest absolute Gasteiger partial charge is 0.336 e. The fraction of sp³-hybridized carbons (Fsp3) is 0.438. The first-order valence-electron chi connectivity index (χ1n) is 7.30. The molecule has 130 valence electrons. The van der Waals surface area contributed by atoms with E-state index in [4.69, 9.17) is 14.2 Å². The molecular weight excluding hydrogens is 318 g/mol. The van der Waals surface area contributed by atoms with Gasteiger partial charge in [0.15, 0.2) is 5.79 Å².